The predicted octanol–water partition coefficient (Wildman–Crippen LogP) is 2.85. The van der Waals surface area contributed by atoms with Crippen molar-refractivity contribution >= 4 is 5.82 Å². The summed E-state index contributed by atoms with van der Waals surface area (Å²) < 4.78 is 2.06. The van der Waals surface area contributed by atoms with Gasteiger partial charge in [-0.25, -0.2) is 0 Å². The lowest BCUT2D eigenvalue weighted by atomic mass is 10.1. The van der Waals surface area contributed by atoms with E-state index < -0.39 is 0 Å². The summed E-state index contributed by atoms with van der Waals surface area (Å²) in [6.45, 7) is 13.1. The van der Waals surface area contributed by atoms with Crippen molar-refractivity contribution in [2.75, 3.05) is 11.4 Å². The van der Waals surface area contributed by atoms with Crippen molar-refractivity contribution in [1.82, 2.24) is 15.1 Å². The van der Waals surface area contributed by atoms with Gasteiger partial charge in [-0.05, 0) is 39.5 Å². The van der Waals surface area contributed by atoms with Gasteiger partial charge in [-0.3, -0.25) is 4.68 Å². The summed E-state index contributed by atoms with van der Waals surface area (Å²) in [5.74, 6) is 2.19. The van der Waals surface area contributed by atoms with Crippen molar-refractivity contribution in [3.63, 3.8) is 0 Å². The number of rotatable bonds is 7. The second-order valence-electron chi connectivity index (χ2n) is 6.74. The molecule has 114 valence electrons. The predicted molar refractivity (Wildman–Crippen MR) is 85.1 cm³/mol. The van der Waals surface area contributed by atoms with Gasteiger partial charge in [0.1, 0.15) is 5.82 Å². The molecule has 0 radical (unpaired) electrons. The Morgan fingerprint density at radius 2 is 1.95 bits per heavy atom. The molecule has 0 aliphatic heterocycles. The highest BCUT2D eigenvalue weighted by molar-refractivity contribution is 5.51. The third kappa shape index (κ3) is 3.54. The van der Waals surface area contributed by atoms with Crippen LogP contribution < -0.4 is 10.2 Å². The van der Waals surface area contributed by atoms with E-state index in [4.69, 9.17) is 0 Å². The molecule has 0 atom stereocenters. The quantitative estimate of drug-likeness (QED) is 0.832. The summed E-state index contributed by atoms with van der Waals surface area (Å²) in [5, 5.41) is 8.19. The number of hydrogen-bond donors (Lipinski definition) is 1. The zero-order valence-electron chi connectivity index (χ0n) is 13.9. The minimum absolute atomic E-state index is 0.499. The first-order valence-corrected chi connectivity index (χ1v) is 7.92. The molecule has 1 N–H and O–H groups in total. The lowest BCUT2D eigenvalue weighted by Gasteiger charge is -2.30. The van der Waals surface area contributed by atoms with Crippen LogP contribution in [0.4, 0.5) is 5.82 Å². The van der Waals surface area contributed by atoms with Crippen LogP contribution in [0.25, 0.3) is 0 Å². The molecular formula is C16H30N4. The zero-order chi connectivity index (χ0) is 14.9. The van der Waals surface area contributed by atoms with Crippen LogP contribution in [0.2, 0.25) is 0 Å². The second kappa shape index (κ2) is 6.17. The van der Waals surface area contributed by atoms with Crippen molar-refractivity contribution in [2.45, 2.75) is 66.1 Å². The Morgan fingerprint density at radius 3 is 2.45 bits per heavy atom. The molecule has 4 heteroatoms. The highest BCUT2D eigenvalue weighted by atomic mass is 15.4. The Kier molecular flexibility index (Phi) is 4.74. The summed E-state index contributed by atoms with van der Waals surface area (Å²) >= 11 is 0. The highest BCUT2D eigenvalue weighted by Crippen LogP contribution is 2.34. The summed E-state index contributed by atoms with van der Waals surface area (Å²) in [7, 11) is 2.07. The number of aryl methyl sites for hydroxylation is 2. The summed E-state index contributed by atoms with van der Waals surface area (Å²) in [6.07, 6.45) is 2.78. The van der Waals surface area contributed by atoms with E-state index >= 15 is 0 Å². The van der Waals surface area contributed by atoms with Crippen LogP contribution in [0.3, 0.4) is 0 Å². The number of anilines is 1. The molecule has 2 rings (SSSR count). The minimum atomic E-state index is 0.499. The Labute approximate surface area is 123 Å². The summed E-state index contributed by atoms with van der Waals surface area (Å²) in [5.41, 5.74) is 2.51. The van der Waals surface area contributed by atoms with E-state index in [1.807, 2.05) is 0 Å². The molecule has 1 fully saturated rings. The van der Waals surface area contributed by atoms with E-state index in [2.05, 4.69) is 61.7 Å². The number of hydrogen-bond acceptors (Lipinski definition) is 3. The van der Waals surface area contributed by atoms with Crippen LogP contribution in [0.5, 0.6) is 0 Å². The molecule has 1 aromatic heterocycles. The van der Waals surface area contributed by atoms with E-state index in [1.165, 1.54) is 30.8 Å². The summed E-state index contributed by atoms with van der Waals surface area (Å²) in [6, 6.07) is 1.02. The molecule has 1 aliphatic carbocycles. The van der Waals surface area contributed by atoms with Crippen LogP contribution in [0.15, 0.2) is 0 Å². The van der Waals surface area contributed by atoms with Crippen molar-refractivity contribution in [3.05, 3.63) is 11.3 Å². The van der Waals surface area contributed by atoms with E-state index in [0.717, 1.165) is 18.2 Å². The average molecular weight is 278 g/mol. The molecular weight excluding hydrogens is 248 g/mol. The third-order valence-corrected chi connectivity index (χ3v) is 4.05. The topological polar surface area (TPSA) is 33.1 Å². The van der Waals surface area contributed by atoms with Crippen molar-refractivity contribution in [2.24, 2.45) is 13.0 Å². The second-order valence-corrected chi connectivity index (χ2v) is 6.74. The maximum atomic E-state index is 4.65. The van der Waals surface area contributed by atoms with Crippen molar-refractivity contribution in [1.29, 1.82) is 0 Å². The van der Waals surface area contributed by atoms with Gasteiger partial charge < -0.3 is 10.2 Å². The monoisotopic (exact) mass is 278 g/mol. The fourth-order valence-corrected chi connectivity index (χ4v) is 2.68. The first-order valence-electron chi connectivity index (χ1n) is 7.92. The van der Waals surface area contributed by atoms with Crippen LogP contribution in [-0.2, 0) is 13.6 Å². The third-order valence-electron chi connectivity index (χ3n) is 4.05. The molecule has 4 nitrogen and oxygen atoms in total. The number of aromatic nitrogens is 2. The lowest BCUT2D eigenvalue weighted by molar-refractivity contribution is 0.577. The fraction of sp³-hybridized carbons (Fsp3) is 0.812. The van der Waals surface area contributed by atoms with Gasteiger partial charge in [0.25, 0.3) is 0 Å². The standard InChI is InChI=1S/C16H30N4/c1-11(2)17-9-15-13(5)18-19(6)16(15)20(12(3)4)10-14-7-8-14/h11-12,14,17H,7-10H2,1-6H3. The molecule has 0 spiro atoms. The average Bonchev–Trinajstić information content (AvgIpc) is 3.10. The first kappa shape index (κ1) is 15.4. The maximum absolute atomic E-state index is 4.65. The van der Waals surface area contributed by atoms with Crippen molar-refractivity contribution in [3.8, 4) is 0 Å². The minimum Gasteiger partial charge on any atom is -0.354 e. The zero-order valence-corrected chi connectivity index (χ0v) is 13.9. The van der Waals surface area contributed by atoms with Crippen molar-refractivity contribution < 1.29 is 0 Å². The molecule has 1 aliphatic rings. The molecule has 1 saturated carbocycles. The van der Waals surface area contributed by atoms with E-state index in [-0.39, 0.29) is 0 Å². The van der Waals surface area contributed by atoms with Gasteiger partial charge in [-0.2, -0.15) is 5.10 Å². The van der Waals surface area contributed by atoms with Gasteiger partial charge in [0.05, 0.1) is 5.69 Å². The SMILES string of the molecule is Cc1nn(C)c(N(CC2CC2)C(C)C)c1CNC(C)C. The molecule has 1 aromatic rings. The molecule has 0 unspecified atom stereocenters. The summed E-state index contributed by atoms with van der Waals surface area (Å²) in [4.78, 5) is 2.54. The fourth-order valence-electron chi connectivity index (χ4n) is 2.68. The highest BCUT2D eigenvalue weighted by Gasteiger charge is 2.29. The van der Waals surface area contributed by atoms with Gasteiger partial charge >= 0.3 is 0 Å². The van der Waals surface area contributed by atoms with Gasteiger partial charge in [0.15, 0.2) is 0 Å². The molecule has 0 amide bonds. The Morgan fingerprint density at radius 1 is 1.30 bits per heavy atom. The van der Waals surface area contributed by atoms with Gasteiger partial charge in [0, 0.05) is 37.8 Å². The Balaban J connectivity index is 2.26. The number of nitrogens with zero attached hydrogens (tertiary/aromatic N) is 3. The Bertz CT molecular complexity index is 444. The maximum Gasteiger partial charge on any atom is 0.131 e. The van der Waals surface area contributed by atoms with Crippen LogP contribution in [0.1, 0.15) is 51.8 Å². The van der Waals surface area contributed by atoms with Crippen LogP contribution >= 0.6 is 0 Å². The van der Waals surface area contributed by atoms with Gasteiger partial charge in [0.2, 0.25) is 0 Å². The van der Waals surface area contributed by atoms with Crippen LogP contribution in [0, 0.1) is 12.8 Å². The molecule has 0 saturated heterocycles. The first-order chi connectivity index (χ1) is 9.40. The van der Waals surface area contributed by atoms with E-state index in [9.17, 15) is 0 Å². The normalized spacial score (nSPS) is 15.4. The molecule has 1 heterocycles. The number of nitrogens with one attached hydrogen (secondary N) is 1. The van der Waals surface area contributed by atoms with E-state index in [0.29, 0.717) is 12.1 Å². The van der Waals surface area contributed by atoms with Crippen LogP contribution in [-0.4, -0.2) is 28.4 Å². The van der Waals surface area contributed by atoms with E-state index in [1.54, 1.807) is 0 Å². The van der Waals surface area contributed by atoms with Gasteiger partial charge in [-0.1, -0.05) is 13.8 Å². The van der Waals surface area contributed by atoms with Gasteiger partial charge in [-0.15, -0.1) is 0 Å². The molecule has 0 bridgehead atoms. The molecule has 20 heavy (non-hydrogen) atoms. The smallest absolute Gasteiger partial charge is 0.131 e. The Hall–Kier alpha value is -1.03. The molecule has 0 aromatic carbocycles. The lowest BCUT2D eigenvalue weighted by Crippen LogP contribution is -2.35. The largest absolute Gasteiger partial charge is 0.354 e.